The fourth-order valence-corrected chi connectivity index (χ4v) is 3.95. The zero-order chi connectivity index (χ0) is 21.1. The van der Waals surface area contributed by atoms with E-state index in [1.54, 1.807) is 18.5 Å². The number of nitrogens with one attached hydrogen (secondary N) is 1. The number of halogens is 1. The van der Waals surface area contributed by atoms with Crippen molar-refractivity contribution in [3.05, 3.63) is 87.6 Å². The third-order valence-corrected chi connectivity index (χ3v) is 5.64. The van der Waals surface area contributed by atoms with Crippen molar-refractivity contribution in [1.29, 1.82) is 0 Å². The highest BCUT2D eigenvalue weighted by Gasteiger charge is 2.15. The molecule has 9 heteroatoms. The maximum absolute atomic E-state index is 12.7. The molecule has 0 saturated carbocycles. The zero-order valence-corrected chi connectivity index (χ0v) is 17.7. The molecule has 4 aromatic rings. The number of hydrogen-bond acceptors (Lipinski definition) is 5. The van der Waals surface area contributed by atoms with E-state index in [-0.39, 0.29) is 18.1 Å². The molecule has 0 spiro atoms. The summed E-state index contributed by atoms with van der Waals surface area (Å²) < 4.78 is 2.55. The monoisotopic (exact) mass is 439 g/mol. The summed E-state index contributed by atoms with van der Waals surface area (Å²) in [5, 5.41) is 8.42. The first kappa shape index (κ1) is 20.2. The van der Waals surface area contributed by atoms with Gasteiger partial charge in [-0.05, 0) is 42.3 Å². The van der Waals surface area contributed by atoms with Gasteiger partial charge in [-0.15, -0.1) is 5.10 Å². The van der Waals surface area contributed by atoms with Crippen molar-refractivity contribution in [2.75, 3.05) is 5.32 Å². The minimum absolute atomic E-state index is 0.185. The molecule has 0 bridgehead atoms. The number of hydrogen-bond donors (Lipinski definition) is 1. The number of aromatic nitrogens is 4. The molecule has 2 aromatic heterocycles. The molecule has 0 aliphatic carbocycles. The predicted octanol–water partition coefficient (Wildman–Crippen LogP) is 3.78. The molecule has 4 rings (SSSR count). The zero-order valence-electron chi connectivity index (χ0n) is 16.1. The minimum atomic E-state index is -0.389. The summed E-state index contributed by atoms with van der Waals surface area (Å²) in [4.78, 5) is 29.4. The number of carbonyl (C=O) groups excluding carboxylic acids is 1. The Labute approximate surface area is 181 Å². The summed E-state index contributed by atoms with van der Waals surface area (Å²) in [7, 11) is 0. The van der Waals surface area contributed by atoms with Gasteiger partial charge in [-0.2, -0.15) is 0 Å². The minimum Gasteiger partial charge on any atom is -0.324 e. The average molecular weight is 440 g/mol. The number of amides is 1. The Morgan fingerprint density at radius 3 is 2.77 bits per heavy atom. The van der Waals surface area contributed by atoms with Crippen LogP contribution in [-0.2, 0) is 17.1 Å². The second-order valence-electron chi connectivity index (χ2n) is 6.70. The molecule has 0 atom stereocenters. The van der Waals surface area contributed by atoms with Crippen LogP contribution in [-0.4, -0.2) is 25.1 Å². The molecule has 2 aromatic carbocycles. The highest BCUT2D eigenvalue weighted by Crippen LogP contribution is 2.24. The molecule has 7 nitrogen and oxygen atoms in total. The van der Waals surface area contributed by atoms with Gasteiger partial charge in [-0.3, -0.25) is 4.79 Å². The summed E-state index contributed by atoms with van der Waals surface area (Å²) in [5.74, 6) is 0.327. The molecule has 1 amide bonds. The largest absolute Gasteiger partial charge is 0.350 e. The van der Waals surface area contributed by atoms with Gasteiger partial charge in [0.1, 0.15) is 11.6 Å². The van der Waals surface area contributed by atoms with Gasteiger partial charge >= 0.3 is 5.69 Å². The van der Waals surface area contributed by atoms with Crippen LogP contribution in [0, 0.1) is 6.92 Å². The Bertz CT molecular complexity index is 1270. The molecule has 152 valence electrons. The van der Waals surface area contributed by atoms with Crippen LogP contribution in [0.3, 0.4) is 0 Å². The molecule has 0 radical (unpaired) electrons. The van der Waals surface area contributed by atoms with E-state index >= 15 is 0 Å². The second kappa shape index (κ2) is 8.73. The normalized spacial score (nSPS) is 11.0. The lowest BCUT2D eigenvalue weighted by Crippen LogP contribution is -2.28. The first-order chi connectivity index (χ1) is 14.5. The van der Waals surface area contributed by atoms with Crippen LogP contribution in [0.1, 0.15) is 11.1 Å². The fraction of sp³-hybridized carbons (Fsp3) is 0.143. The predicted molar refractivity (Wildman–Crippen MR) is 118 cm³/mol. The van der Waals surface area contributed by atoms with Crippen molar-refractivity contribution in [1.82, 2.24) is 19.2 Å². The van der Waals surface area contributed by atoms with Crippen LogP contribution in [0.5, 0.6) is 0 Å². The number of rotatable bonds is 6. The van der Waals surface area contributed by atoms with Crippen molar-refractivity contribution >= 4 is 40.6 Å². The molecule has 1 N–H and O–H groups in total. The lowest BCUT2D eigenvalue weighted by atomic mass is 10.2. The maximum atomic E-state index is 12.7. The number of carbonyl (C=O) groups is 1. The van der Waals surface area contributed by atoms with Crippen molar-refractivity contribution in [3.8, 4) is 0 Å². The van der Waals surface area contributed by atoms with Gasteiger partial charge in [-0.25, -0.2) is 18.9 Å². The van der Waals surface area contributed by atoms with E-state index < -0.39 is 0 Å². The van der Waals surface area contributed by atoms with Crippen LogP contribution in [0.4, 0.5) is 5.69 Å². The van der Waals surface area contributed by atoms with Crippen LogP contribution in [0.15, 0.2) is 70.7 Å². The van der Waals surface area contributed by atoms with Crippen molar-refractivity contribution in [3.63, 3.8) is 0 Å². The van der Waals surface area contributed by atoms with Gasteiger partial charge in [0.2, 0.25) is 5.91 Å². The Balaban J connectivity index is 1.53. The van der Waals surface area contributed by atoms with E-state index in [1.807, 2.05) is 49.4 Å². The van der Waals surface area contributed by atoms with Crippen LogP contribution in [0.2, 0.25) is 5.02 Å². The molecule has 0 aliphatic rings. The van der Waals surface area contributed by atoms with Gasteiger partial charge in [0.25, 0.3) is 0 Å². The number of nitrogens with zero attached hydrogens (tertiary/aromatic N) is 4. The van der Waals surface area contributed by atoms with E-state index in [9.17, 15) is 9.59 Å². The Hall–Kier alpha value is -3.10. The topological polar surface area (TPSA) is 81.3 Å². The van der Waals surface area contributed by atoms with Crippen LogP contribution < -0.4 is 11.0 Å². The van der Waals surface area contributed by atoms with Gasteiger partial charge < -0.3 is 5.32 Å². The molecule has 0 saturated heterocycles. The summed E-state index contributed by atoms with van der Waals surface area (Å²) in [6.07, 6.45) is 3.10. The van der Waals surface area contributed by atoms with Crippen molar-refractivity contribution < 1.29 is 4.79 Å². The van der Waals surface area contributed by atoms with E-state index in [4.69, 9.17) is 11.6 Å². The quantitative estimate of drug-likeness (QED) is 0.462. The third-order valence-electron chi connectivity index (χ3n) is 4.35. The third kappa shape index (κ3) is 4.55. The highest BCUT2D eigenvalue weighted by molar-refractivity contribution is 7.98. The summed E-state index contributed by atoms with van der Waals surface area (Å²) in [6.45, 7) is 1.76. The molecule has 30 heavy (non-hydrogen) atoms. The van der Waals surface area contributed by atoms with Crippen LogP contribution in [0.25, 0.3) is 5.65 Å². The van der Waals surface area contributed by atoms with E-state index in [0.29, 0.717) is 27.1 Å². The first-order valence-electron chi connectivity index (χ1n) is 9.17. The first-order valence-corrected chi connectivity index (χ1v) is 10.5. The molecular formula is C21H18ClN5O2S. The lowest BCUT2D eigenvalue weighted by molar-refractivity contribution is -0.117. The Morgan fingerprint density at radius 2 is 2.00 bits per heavy atom. The maximum Gasteiger partial charge on any atom is 0.350 e. The van der Waals surface area contributed by atoms with E-state index in [2.05, 4.69) is 15.4 Å². The van der Waals surface area contributed by atoms with E-state index in [0.717, 1.165) is 15.8 Å². The van der Waals surface area contributed by atoms with Gasteiger partial charge in [-0.1, -0.05) is 47.6 Å². The number of thioether (sulfide) groups is 1. The number of aryl methyl sites for hydroxylation is 1. The Morgan fingerprint density at radius 1 is 1.20 bits per heavy atom. The summed E-state index contributed by atoms with van der Waals surface area (Å²) >= 11 is 7.39. The SMILES string of the molecule is Cc1cccc(NC(=O)Cn2nc3c(SCc4ccc(Cl)cc4)nccn3c2=O)c1. The second-order valence-corrected chi connectivity index (χ2v) is 8.10. The van der Waals surface area contributed by atoms with Gasteiger partial charge in [0.05, 0.1) is 0 Å². The van der Waals surface area contributed by atoms with Crippen LogP contribution >= 0.6 is 23.4 Å². The number of anilines is 1. The van der Waals surface area contributed by atoms with Gasteiger partial charge in [0.15, 0.2) is 5.65 Å². The lowest BCUT2D eigenvalue weighted by Gasteiger charge is -2.05. The molecule has 0 unspecified atom stereocenters. The number of benzene rings is 2. The fourth-order valence-electron chi connectivity index (χ4n) is 2.92. The smallest absolute Gasteiger partial charge is 0.324 e. The summed E-state index contributed by atoms with van der Waals surface area (Å²) in [6, 6.07) is 15.0. The number of fused-ring (bicyclic) bond motifs is 1. The van der Waals surface area contributed by atoms with Crippen molar-refractivity contribution in [2.45, 2.75) is 24.2 Å². The highest BCUT2D eigenvalue weighted by atomic mass is 35.5. The Kier molecular flexibility index (Phi) is 5.87. The average Bonchev–Trinajstić information content (AvgIpc) is 3.03. The summed E-state index contributed by atoms with van der Waals surface area (Å²) in [5.41, 5.74) is 2.82. The molecule has 0 fully saturated rings. The van der Waals surface area contributed by atoms with Crippen molar-refractivity contribution in [2.24, 2.45) is 0 Å². The van der Waals surface area contributed by atoms with E-state index in [1.165, 1.54) is 16.2 Å². The molecule has 2 heterocycles. The van der Waals surface area contributed by atoms with Gasteiger partial charge in [0, 0.05) is 28.9 Å². The molecular weight excluding hydrogens is 422 g/mol. The molecule has 0 aliphatic heterocycles. The standard InChI is InChI=1S/C21H18ClN5O2S/c1-14-3-2-4-17(11-14)24-18(28)12-27-21(29)26-10-9-23-20(19(26)25-27)30-13-15-5-7-16(22)8-6-15/h2-11H,12-13H2,1H3,(H,24,28).